The van der Waals surface area contributed by atoms with Crippen LogP contribution in [0.3, 0.4) is 0 Å². The summed E-state index contributed by atoms with van der Waals surface area (Å²) in [6.45, 7) is 4.14. The van der Waals surface area contributed by atoms with Gasteiger partial charge in [-0.15, -0.1) is 0 Å². The predicted molar refractivity (Wildman–Crippen MR) is 111 cm³/mol. The minimum Gasteiger partial charge on any atom is -0.323 e. The van der Waals surface area contributed by atoms with Gasteiger partial charge in [-0.25, -0.2) is 13.8 Å². The Morgan fingerprint density at radius 3 is 2.76 bits per heavy atom. The minimum atomic E-state index is -0.722. The highest BCUT2D eigenvalue weighted by atomic mass is 32.2. The van der Waals surface area contributed by atoms with Crippen LogP contribution < -0.4 is 10.9 Å². The van der Waals surface area contributed by atoms with Gasteiger partial charge in [0, 0.05) is 12.6 Å². The number of nitrogens with one attached hydrogen (secondary N) is 1. The first-order chi connectivity index (χ1) is 13.9. The van der Waals surface area contributed by atoms with Crippen LogP contribution in [0.25, 0.3) is 10.9 Å². The molecule has 0 radical (unpaired) electrons. The van der Waals surface area contributed by atoms with Gasteiger partial charge in [-0.1, -0.05) is 37.2 Å². The molecule has 0 saturated carbocycles. The SMILES string of the molecule is CCCCn1c(SC(C)C(=O)Nc2cc(F)ccc2F)nc2ccccc2c1=O. The van der Waals surface area contributed by atoms with E-state index in [-0.39, 0.29) is 11.2 Å². The first-order valence-electron chi connectivity index (χ1n) is 9.33. The van der Waals surface area contributed by atoms with Crippen molar-refractivity contribution < 1.29 is 13.6 Å². The molecule has 0 aliphatic heterocycles. The van der Waals surface area contributed by atoms with Gasteiger partial charge in [0.05, 0.1) is 21.8 Å². The zero-order valence-corrected chi connectivity index (χ0v) is 16.9. The number of rotatable bonds is 7. The van der Waals surface area contributed by atoms with Crippen molar-refractivity contribution in [3.05, 3.63) is 64.5 Å². The van der Waals surface area contributed by atoms with E-state index >= 15 is 0 Å². The Labute approximate surface area is 171 Å². The van der Waals surface area contributed by atoms with Crippen molar-refractivity contribution in [2.45, 2.75) is 43.6 Å². The zero-order chi connectivity index (χ0) is 21.0. The summed E-state index contributed by atoms with van der Waals surface area (Å²) in [5.41, 5.74) is 0.171. The molecule has 0 fully saturated rings. The highest BCUT2D eigenvalue weighted by molar-refractivity contribution is 8.00. The van der Waals surface area contributed by atoms with Crippen LogP contribution in [0.15, 0.2) is 52.4 Å². The fraction of sp³-hybridized carbons (Fsp3) is 0.286. The van der Waals surface area contributed by atoms with Gasteiger partial charge in [-0.05, 0) is 37.6 Å². The lowest BCUT2D eigenvalue weighted by Crippen LogP contribution is -2.27. The number of halogens is 2. The predicted octanol–water partition coefficient (Wildman–Crippen LogP) is 4.59. The lowest BCUT2D eigenvalue weighted by molar-refractivity contribution is -0.115. The molecular weight excluding hydrogens is 396 g/mol. The second-order valence-corrected chi connectivity index (χ2v) is 7.90. The van der Waals surface area contributed by atoms with E-state index in [4.69, 9.17) is 0 Å². The molecule has 1 aromatic heterocycles. The fourth-order valence-electron chi connectivity index (χ4n) is 2.79. The molecule has 0 aliphatic carbocycles. The van der Waals surface area contributed by atoms with Gasteiger partial charge in [-0.2, -0.15) is 0 Å². The summed E-state index contributed by atoms with van der Waals surface area (Å²) >= 11 is 1.11. The quantitative estimate of drug-likeness (QED) is 0.451. The lowest BCUT2D eigenvalue weighted by Gasteiger charge is -2.16. The van der Waals surface area contributed by atoms with E-state index in [9.17, 15) is 18.4 Å². The molecule has 2 aromatic carbocycles. The van der Waals surface area contributed by atoms with Crippen molar-refractivity contribution in [3.63, 3.8) is 0 Å². The van der Waals surface area contributed by atoms with Crippen LogP contribution in [0.2, 0.25) is 0 Å². The molecule has 1 N–H and O–H groups in total. The Morgan fingerprint density at radius 1 is 1.24 bits per heavy atom. The van der Waals surface area contributed by atoms with Gasteiger partial charge in [0.1, 0.15) is 11.6 Å². The number of hydrogen-bond acceptors (Lipinski definition) is 4. The molecule has 0 spiro atoms. The molecule has 1 heterocycles. The second-order valence-electron chi connectivity index (χ2n) is 6.60. The second kappa shape index (κ2) is 9.17. The van der Waals surface area contributed by atoms with Crippen LogP contribution in [0.4, 0.5) is 14.5 Å². The van der Waals surface area contributed by atoms with Crippen molar-refractivity contribution in [3.8, 4) is 0 Å². The molecule has 29 heavy (non-hydrogen) atoms. The van der Waals surface area contributed by atoms with Crippen LogP contribution in [-0.2, 0) is 11.3 Å². The Hall–Kier alpha value is -2.74. The normalized spacial score (nSPS) is 12.1. The number of fused-ring (bicyclic) bond motifs is 1. The summed E-state index contributed by atoms with van der Waals surface area (Å²) in [4.78, 5) is 30.0. The van der Waals surface area contributed by atoms with Gasteiger partial charge in [0.15, 0.2) is 5.16 Å². The van der Waals surface area contributed by atoms with Crippen molar-refractivity contribution in [1.29, 1.82) is 0 Å². The number of carbonyl (C=O) groups is 1. The molecule has 3 aromatic rings. The van der Waals surface area contributed by atoms with Gasteiger partial charge >= 0.3 is 0 Å². The van der Waals surface area contributed by atoms with Gasteiger partial charge in [-0.3, -0.25) is 14.2 Å². The summed E-state index contributed by atoms with van der Waals surface area (Å²) in [5, 5.41) is 2.65. The topological polar surface area (TPSA) is 64.0 Å². The highest BCUT2D eigenvalue weighted by Crippen LogP contribution is 2.25. The summed E-state index contributed by atoms with van der Waals surface area (Å²) in [7, 11) is 0. The standard InChI is InChI=1S/C21H21F2N3O2S/c1-3-4-11-26-20(28)15-7-5-6-8-17(15)25-21(26)29-13(2)19(27)24-18-12-14(22)9-10-16(18)23/h5-10,12-13H,3-4,11H2,1-2H3,(H,24,27). The largest absolute Gasteiger partial charge is 0.323 e. The number of benzene rings is 2. The van der Waals surface area contributed by atoms with Crippen molar-refractivity contribution in [1.82, 2.24) is 9.55 Å². The number of anilines is 1. The molecular formula is C21H21F2N3O2S. The first kappa shape index (κ1) is 21.0. The van der Waals surface area contributed by atoms with Crippen molar-refractivity contribution >= 4 is 34.3 Å². The lowest BCUT2D eigenvalue weighted by atomic mass is 10.2. The van der Waals surface area contributed by atoms with Crippen molar-refractivity contribution in [2.24, 2.45) is 0 Å². The van der Waals surface area contributed by atoms with Crippen LogP contribution in [0, 0.1) is 11.6 Å². The summed E-state index contributed by atoms with van der Waals surface area (Å²) in [6.07, 6.45) is 1.70. The number of amides is 1. The molecule has 8 heteroatoms. The summed E-state index contributed by atoms with van der Waals surface area (Å²) in [6, 6.07) is 9.91. The van der Waals surface area contributed by atoms with Gasteiger partial charge in [0.2, 0.25) is 5.91 Å². The highest BCUT2D eigenvalue weighted by Gasteiger charge is 2.20. The minimum absolute atomic E-state index is 0.157. The van der Waals surface area contributed by atoms with Crippen LogP contribution in [0.1, 0.15) is 26.7 Å². The maximum absolute atomic E-state index is 13.8. The smallest absolute Gasteiger partial charge is 0.262 e. The molecule has 0 aliphatic rings. The molecule has 0 saturated heterocycles. The van der Waals surface area contributed by atoms with E-state index in [0.29, 0.717) is 22.6 Å². The number of aromatic nitrogens is 2. The number of hydrogen-bond donors (Lipinski definition) is 1. The number of carbonyl (C=O) groups excluding carboxylic acids is 1. The fourth-order valence-corrected chi connectivity index (χ4v) is 3.72. The van der Waals surface area contributed by atoms with Crippen LogP contribution in [-0.4, -0.2) is 20.7 Å². The summed E-state index contributed by atoms with van der Waals surface area (Å²) in [5.74, 6) is -1.88. The van der Waals surface area contributed by atoms with Gasteiger partial charge < -0.3 is 5.32 Å². The summed E-state index contributed by atoms with van der Waals surface area (Å²) < 4.78 is 28.7. The Morgan fingerprint density at radius 2 is 2.00 bits per heavy atom. The number of nitrogens with zero attached hydrogens (tertiary/aromatic N) is 2. The molecule has 1 amide bonds. The maximum Gasteiger partial charge on any atom is 0.262 e. The molecule has 152 valence electrons. The third kappa shape index (κ3) is 4.82. The van der Waals surface area contributed by atoms with E-state index in [1.807, 2.05) is 6.92 Å². The molecule has 1 unspecified atom stereocenters. The van der Waals surface area contributed by atoms with Crippen molar-refractivity contribution in [2.75, 3.05) is 5.32 Å². The molecule has 0 bridgehead atoms. The third-order valence-corrected chi connectivity index (χ3v) is 5.49. The van der Waals surface area contributed by atoms with E-state index in [1.54, 1.807) is 35.8 Å². The molecule has 5 nitrogen and oxygen atoms in total. The monoisotopic (exact) mass is 417 g/mol. The molecule has 3 rings (SSSR count). The van der Waals surface area contributed by atoms with E-state index in [0.717, 1.165) is 42.8 Å². The maximum atomic E-state index is 13.8. The number of unbranched alkanes of at least 4 members (excludes halogenated alkanes) is 1. The first-order valence-corrected chi connectivity index (χ1v) is 10.2. The molecule has 1 atom stereocenters. The zero-order valence-electron chi connectivity index (χ0n) is 16.1. The van der Waals surface area contributed by atoms with E-state index in [1.165, 1.54) is 0 Å². The van der Waals surface area contributed by atoms with Gasteiger partial charge in [0.25, 0.3) is 5.56 Å². The van der Waals surface area contributed by atoms with Crippen LogP contribution >= 0.6 is 11.8 Å². The Bertz CT molecular complexity index is 1100. The van der Waals surface area contributed by atoms with Crippen LogP contribution in [0.5, 0.6) is 0 Å². The van der Waals surface area contributed by atoms with E-state index < -0.39 is 22.8 Å². The number of thioether (sulfide) groups is 1. The van der Waals surface area contributed by atoms with E-state index in [2.05, 4.69) is 10.3 Å². The number of para-hydroxylation sites is 1. The third-order valence-electron chi connectivity index (χ3n) is 4.40. The average Bonchev–Trinajstić information content (AvgIpc) is 2.70. The Balaban J connectivity index is 1.88. The Kier molecular flexibility index (Phi) is 6.64. The average molecular weight is 417 g/mol.